The Morgan fingerprint density at radius 2 is 1.07 bits per heavy atom. The Balaban J connectivity index is 1.26. The lowest BCUT2D eigenvalue weighted by atomic mass is 9.86. The van der Waals surface area contributed by atoms with Gasteiger partial charge in [-0.3, -0.25) is 23.5 Å². The minimum Gasteiger partial charge on any atom is -0.283 e. The van der Waals surface area contributed by atoms with E-state index in [4.69, 9.17) is 0 Å². The second-order valence-electron chi connectivity index (χ2n) is 13.5. The molecule has 54 heavy (non-hydrogen) atoms. The maximum absolute atomic E-state index is 15.1. The molecule has 4 heterocycles. The van der Waals surface area contributed by atoms with Crippen molar-refractivity contribution in [2.24, 2.45) is 4.99 Å². The van der Waals surface area contributed by atoms with Crippen LogP contribution < -0.4 is 16.6 Å². The van der Waals surface area contributed by atoms with Crippen molar-refractivity contribution >= 4 is 81.3 Å². The van der Waals surface area contributed by atoms with E-state index >= 15 is 4.39 Å². The number of pyridine rings is 2. The minimum atomic E-state index is -5.18. The molecule has 16 heteroatoms. The van der Waals surface area contributed by atoms with Crippen molar-refractivity contribution in [1.29, 1.82) is 0 Å². The Morgan fingerprint density at radius 3 is 1.67 bits per heavy atom. The number of fused-ring (bicyclic) bond motifs is 10. The third-order valence-corrected chi connectivity index (χ3v) is 10.9. The van der Waals surface area contributed by atoms with Gasteiger partial charge in [0.25, 0.3) is 11.1 Å². The number of hydrogen-bond acceptors (Lipinski definition) is 4. The number of halogens is 10. The van der Waals surface area contributed by atoms with Gasteiger partial charge in [-0.1, -0.05) is 24.3 Å². The van der Waals surface area contributed by atoms with Gasteiger partial charge in [0.05, 0.1) is 17.2 Å². The van der Waals surface area contributed by atoms with Gasteiger partial charge >= 0.3 is 12.4 Å². The van der Waals surface area contributed by atoms with Crippen molar-refractivity contribution in [2.75, 3.05) is 0 Å². The number of aromatic nitrogens is 3. The van der Waals surface area contributed by atoms with Crippen LogP contribution in [0.15, 0.2) is 86.4 Å². The highest BCUT2D eigenvalue weighted by Gasteiger charge is 2.49. The topological polar surface area (TPSA) is 68.7 Å². The molecule has 2 unspecified atom stereocenters. The molecule has 0 saturated heterocycles. The zero-order valence-corrected chi connectivity index (χ0v) is 26.3. The van der Waals surface area contributed by atoms with Gasteiger partial charge in [-0.2, -0.15) is 26.3 Å². The van der Waals surface area contributed by atoms with Crippen LogP contribution in [0.5, 0.6) is 0 Å². The summed E-state index contributed by atoms with van der Waals surface area (Å²) in [4.78, 5) is 36.4. The van der Waals surface area contributed by atoms with Crippen LogP contribution in [0.4, 0.5) is 43.9 Å². The van der Waals surface area contributed by atoms with Gasteiger partial charge < -0.3 is 0 Å². The zero-order valence-electron chi connectivity index (χ0n) is 26.3. The Hall–Kier alpha value is -6.32. The van der Waals surface area contributed by atoms with Crippen LogP contribution in [0.3, 0.4) is 0 Å². The lowest BCUT2D eigenvalue weighted by molar-refractivity contribution is -0.101. The van der Waals surface area contributed by atoms with Crippen LogP contribution in [0.1, 0.15) is 6.04 Å². The summed E-state index contributed by atoms with van der Waals surface area (Å²) in [6.45, 7) is 0. The predicted molar refractivity (Wildman–Crippen MR) is 178 cm³/mol. The summed E-state index contributed by atoms with van der Waals surface area (Å²) in [5, 5.41) is 4.25. The molecular formula is C38H12F10N4O2. The van der Waals surface area contributed by atoms with Gasteiger partial charge in [-0.05, 0) is 68.7 Å². The quantitative estimate of drug-likeness (QED) is 0.0514. The molecule has 0 saturated carbocycles. The third kappa shape index (κ3) is 3.49. The van der Waals surface area contributed by atoms with Gasteiger partial charge in [0, 0.05) is 32.3 Å². The molecule has 1 aliphatic heterocycles. The van der Waals surface area contributed by atoms with Crippen LogP contribution in [0.25, 0.3) is 81.3 Å². The zero-order chi connectivity index (χ0) is 37.7. The molecule has 9 aromatic rings. The van der Waals surface area contributed by atoms with E-state index in [1.807, 2.05) is 0 Å². The van der Waals surface area contributed by atoms with E-state index in [1.54, 1.807) is 24.3 Å². The molecule has 2 atom stereocenters. The summed E-state index contributed by atoms with van der Waals surface area (Å²) < 4.78 is 144. The van der Waals surface area contributed by atoms with Crippen LogP contribution in [0, 0.1) is 23.3 Å². The fourth-order valence-corrected chi connectivity index (χ4v) is 8.74. The van der Waals surface area contributed by atoms with Gasteiger partial charge in [0.2, 0.25) is 0 Å². The summed E-state index contributed by atoms with van der Waals surface area (Å²) in [5.41, 5.74) is -7.03. The molecule has 3 aromatic heterocycles. The molecule has 0 N–H and O–H groups in total. The smallest absolute Gasteiger partial charge is 0.283 e. The van der Waals surface area contributed by atoms with Crippen LogP contribution in [0.2, 0.25) is 0 Å². The number of hydrogen-bond donors (Lipinski definition) is 0. The summed E-state index contributed by atoms with van der Waals surface area (Å²) >= 11 is 0. The molecule has 0 bridgehead atoms. The van der Waals surface area contributed by atoms with E-state index < -0.39 is 81.0 Å². The fourth-order valence-electron chi connectivity index (χ4n) is 8.74. The average molecular weight is 747 g/mol. The van der Waals surface area contributed by atoms with Gasteiger partial charge in [-0.15, -0.1) is 0 Å². The van der Waals surface area contributed by atoms with Crippen molar-refractivity contribution in [2.45, 2.75) is 24.4 Å². The Labute approximate surface area is 289 Å². The molecule has 6 nitrogen and oxygen atoms in total. The number of rotatable bonds is 0. The molecule has 0 radical (unpaired) electrons. The second kappa shape index (κ2) is 9.42. The molecule has 0 fully saturated rings. The van der Waals surface area contributed by atoms with Crippen LogP contribution >= 0.6 is 0 Å². The first-order chi connectivity index (χ1) is 25.6. The molecule has 11 rings (SSSR count). The second-order valence-corrected chi connectivity index (χ2v) is 13.5. The van der Waals surface area contributed by atoms with E-state index in [-0.39, 0.29) is 38.8 Å². The number of imidazole rings is 1. The predicted octanol–water partition coefficient (Wildman–Crippen LogP) is 8.61. The molecular weight excluding hydrogens is 734 g/mol. The third-order valence-electron chi connectivity index (χ3n) is 10.9. The first-order valence-corrected chi connectivity index (χ1v) is 16.1. The van der Waals surface area contributed by atoms with E-state index in [2.05, 4.69) is 9.98 Å². The highest BCUT2D eigenvalue weighted by molar-refractivity contribution is 6.40. The first kappa shape index (κ1) is 31.2. The molecule has 0 amide bonds. The lowest BCUT2D eigenvalue weighted by Crippen LogP contribution is -2.38. The maximum Gasteiger partial charge on any atom is 0.416 e. The summed E-state index contributed by atoms with van der Waals surface area (Å²) in [6.07, 6.45) is -9.70. The highest BCUT2D eigenvalue weighted by atomic mass is 19.4. The van der Waals surface area contributed by atoms with Crippen LogP contribution in [-0.2, 0) is 0 Å². The van der Waals surface area contributed by atoms with E-state index in [9.17, 15) is 49.1 Å². The SMILES string of the molecule is O=c1c2ccc3c4ccc5c6c(ccc(c7ccc(c8n1C1C=C(C(F)(F)F)C=C(C(F)(F)F)C1N=8)c2c73)c46)c(=O)n1c5nc2c(F)c(F)c(F)c(F)c21. The van der Waals surface area contributed by atoms with Crippen molar-refractivity contribution < 1.29 is 43.9 Å². The molecule has 266 valence electrons. The molecule has 2 aliphatic rings. The number of benzene rings is 6. The van der Waals surface area contributed by atoms with Gasteiger partial charge in [0.15, 0.2) is 23.3 Å². The number of nitrogens with zero attached hydrogens (tertiary/aromatic N) is 4. The number of alkyl halides is 6. The van der Waals surface area contributed by atoms with Crippen molar-refractivity contribution in [1.82, 2.24) is 14.0 Å². The van der Waals surface area contributed by atoms with E-state index in [0.717, 1.165) is 4.57 Å². The maximum atomic E-state index is 15.1. The largest absolute Gasteiger partial charge is 0.416 e. The van der Waals surface area contributed by atoms with Gasteiger partial charge in [-0.25, -0.2) is 22.5 Å². The van der Waals surface area contributed by atoms with E-state index in [0.29, 0.717) is 53.6 Å². The standard InChI is InChI=1S/C38H12F10N4O2/c39-26-27(40)29(42)32-31(28(26)41)50-34-17-6-2-13-14-3-7-18-24-16(5-1-12(22(14)24)15-4-8-19(25(17)23(13)15)36(54)52(32)34)33-49-30-20(38(46,47)48)9-11(37(43,44)45)10-21(30)51(33)35(18)53/h1-10,21,30H. The normalized spacial score (nSPS) is 18.0. The Morgan fingerprint density at radius 1 is 0.574 bits per heavy atom. The summed E-state index contributed by atoms with van der Waals surface area (Å²) in [7, 11) is 0. The molecule has 6 aromatic carbocycles. The Bertz CT molecular complexity index is 3500. The highest BCUT2D eigenvalue weighted by Crippen LogP contribution is 2.47. The monoisotopic (exact) mass is 746 g/mol. The van der Waals surface area contributed by atoms with E-state index in [1.165, 1.54) is 24.3 Å². The molecule has 1 aliphatic carbocycles. The fraction of sp³-hybridized carbons (Fsp3) is 0.105. The average Bonchev–Trinajstić information content (AvgIpc) is 3.73. The molecule has 0 spiro atoms. The van der Waals surface area contributed by atoms with Gasteiger partial charge in [0.1, 0.15) is 28.2 Å². The lowest BCUT2D eigenvalue weighted by Gasteiger charge is -2.27. The number of allylic oxidation sites excluding steroid dienone is 2. The van der Waals surface area contributed by atoms with Crippen molar-refractivity contribution in [3.63, 3.8) is 0 Å². The Kier molecular flexibility index (Phi) is 5.45. The first-order valence-electron chi connectivity index (χ1n) is 16.1. The summed E-state index contributed by atoms with van der Waals surface area (Å²) in [5.74, 6) is -7.75. The minimum absolute atomic E-state index is 0.0181. The van der Waals surface area contributed by atoms with Crippen molar-refractivity contribution in [3.05, 3.63) is 121 Å². The summed E-state index contributed by atoms with van der Waals surface area (Å²) in [6, 6.07) is 8.77. The van der Waals surface area contributed by atoms with Crippen molar-refractivity contribution in [3.8, 4) is 0 Å². The van der Waals surface area contributed by atoms with Crippen LogP contribution in [-0.4, -0.2) is 32.3 Å².